The summed E-state index contributed by atoms with van der Waals surface area (Å²) in [6.45, 7) is 2.97. The second kappa shape index (κ2) is 6.40. The first-order chi connectivity index (χ1) is 9.08. The number of halogens is 1. The molecule has 0 radical (unpaired) electrons. The molecular formula is C15H21ClN2O. The van der Waals surface area contributed by atoms with Crippen LogP contribution in [0.4, 0.5) is 0 Å². The fourth-order valence-electron chi connectivity index (χ4n) is 2.74. The number of carbonyl (C=O) groups is 1. The van der Waals surface area contributed by atoms with E-state index in [0.717, 1.165) is 18.0 Å². The minimum absolute atomic E-state index is 0.444. The van der Waals surface area contributed by atoms with Gasteiger partial charge in [-0.15, -0.1) is 0 Å². The molecule has 3 nitrogen and oxygen atoms in total. The van der Waals surface area contributed by atoms with Crippen molar-refractivity contribution in [2.75, 3.05) is 0 Å². The summed E-state index contributed by atoms with van der Waals surface area (Å²) in [5.74, 6) is 0.337. The highest BCUT2D eigenvalue weighted by Crippen LogP contribution is 2.28. The maximum Gasteiger partial charge on any atom is 0.248 e. The minimum atomic E-state index is -0.444. The van der Waals surface area contributed by atoms with Crippen LogP contribution in [0.1, 0.15) is 48.5 Å². The van der Waals surface area contributed by atoms with Crippen molar-refractivity contribution in [3.05, 3.63) is 34.3 Å². The highest BCUT2D eigenvalue weighted by atomic mass is 35.5. The zero-order valence-electron chi connectivity index (χ0n) is 11.3. The van der Waals surface area contributed by atoms with E-state index < -0.39 is 5.91 Å². The summed E-state index contributed by atoms with van der Waals surface area (Å²) >= 11 is 6.17. The molecule has 0 saturated heterocycles. The van der Waals surface area contributed by atoms with Gasteiger partial charge in [0.25, 0.3) is 0 Å². The first kappa shape index (κ1) is 14.4. The van der Waals surface area contributed by atoms with Gasteiger partial charge >= 0.3 is 0 Å². The average Bonchev–Trinajstić information content (AvgIpc) is 2.90. The first-order valence-electron chi connectivity index (χ1n) is 6.89. The molecule has 1 aromatic carbocycles. The smallest absolute Gasteiger partial charge is 0.248 e. The lowest BCUT2D eigenvalue weighted by Gasteiger charge is -2.20. The lowest BCUT2D eigenvalue weighted by molar-refractivity contribution is 0.100. The Bertz CT molecular complexity index is 455. The number of nitrogens with two attached hydrogens (primary N) is 1. The van der Waals surface area contributed by atoms with Gasteiger partial charge in [-0.3, -0.25) is 4.79 Å². The van der Waals surface area contributed by atoms with E-state index in [-0.39, 0.29) is 0 Å². The summed E-state index contributed by atoms with van der Waals surface area (Å²) in [5.41, 5.74) is 6.69. The highest BCUT2D eigenvalue weighted by Gasteiger charge is 2.21. The van der Waals surface area contributed by atoms with Crippen LogP contribution in [-0.2, 0) is 6.54 Å². The molecule has 1 aromatic rings. The Morgan fingerprint density at radius 3 is 2.74 bits per heavy atom. The number of hydrogen-bond acceptors (Lipinski definition) is 2. The number of hydrogen-bond donors (Lipinski definition) is 2. The zero-order chi connectivity index (χ0) is 13.8. The first-order valence-corrected chi connectivity index (χ1v) is 7.27. The van der Waals surface area contributed by atoms with E-state index in [4.69, 9.17) is 17.3 Å². The zero-order valence-corrected chi connectivity index (χ0v) is 12.0. The molecule has 0 bridgehead atoms. The Hall–Kier alpha value is -1.06. The minimum Gasteiger partial charge on any atom is -0.366 e. The van der Waals surface area contributed by atoms with Crippen molar-refractivity contribution in [2.24, 2.45) is 11.7 Å². The van der Waals surface area contributed by atoms with Gasteiger partial charge in [-0.05, 0) is 43.4 Å². The third-order valence-electron chi connectivity index (χ3n) is 4.06. The molecule has 1 atom stereocenters. The van der Waals surface area contributed by atoms with Gasteiger partial charge in [-0.2, -0.15) is 0 Å². The van der Waals surface area contributed by atoms with Gasteiger partial charge in [0.05, 0.1) is 0 Å². The highest BCUT2D eigenvalue weighted by molar-refractivity contribution is 6.31. The molecule has 1 saturated carbocycles. The second-order valence-corrected chi connectivity index (χ2v) is 5.79. The third kappa shape index (κ3) is 3.71. The summed E-state index contributed by atoms with van der Waals surface area (Å²) in [6.07, 6.45) is 5.35. The third-order valence-corrected chi connectivity index (χ3v) is 4.41. The molecule has 0 heterocycles. The summed E-state index contributed by atoms with van der Waals surface area (Å²) in [4.78, 5) is 11.1. The Kier molecular flexibility index (Phi) is 4.83. The summed E-state index contributed by atoms with van der Waals surface area (Å²) in [7, 11) is 0. The van der Waals surface area contributed by atoms with Crippen molar-refractivity contribution in [1.29, 1.82) is 0 Å². The molecule has 3 N–H and O–H groups in total. The molecule has 1 fully saturated rings. The molecule has 1 amide bonds. The van der Waals surface area contributed by atoms with E-state index >= 15 is 0 Å². The molecule has 0 aliphatic heterocycles. The predicted octanol–water partition coefficient (Wildman–Crippen LogP) is 3.11. The van der Waals surface area contributed by atoms with Crippen molar-refractivity contribution >= 4 is 17.5 Å². The lowest BCUT2D eigenvalue weighted by atomic mass is 9.99. The van der Waals surface area contributed by atoms with Crippen molar-refractivity contribution in [3.8, 4) is 0 Å². The van der Waals surface area contributed by atoms with Gasteiger partial charge in [0, 0.05) is 23.2 Å². The largest absolute Gasteiger partial charge is 0.366 e. The van der Waals surface area contributed by atoms with Crippen LogP contribution in [0.5, 0.6) is 0 Å². The average molecular weight is 281 g/mol. The molecule has 2 rings (SSSR count). The number of amides is 1. The Morgan fingerprint density at radius 1 is 1.47 bits per heavy atom. The molecule has 0 spiro atoms. The predicted molar refractivity (Wildman–Crippen MR) is 78.2 cm³/mol. The summed E-state index contributed by atoms with van der Waals surface area (Å²) < 4.78 is 0. The van der Waals surface area contributed by atoms with Crippen LogP contribution in [0.3, 0.4) is 0 Å². The normalized spacial score (nSPS) is 17.6. The van der Waals surface area contributed by atoms with E-state index in [1.807, 2.05) is 6.07 Å². The molecule has 104 valence electrons. The Labute approximate surface area is 119 Å². The van der Waals surface area contributed by atoms with E-state index in [1.54, 1.807) is 12.1 Å². The van der Waals surface area contributed by atoms with E-state index in [1.165, 1.54) is 25.7 Å². The molecule has 19 heavy (non-hydrogen) atoms. The van der Waals surface area contributed by atoms with Crippen LogP contribution in [0.2, 0.25) is 5.02 Å². The van der Waals surface area contributed by atoms with Crippen LogP contribution in [0.25, 0.3) is 0 Å². The number of rotatable bonds is 5. The molecule has 1 aliphatic carbocycles. The fraction of sp³-hybridized carbons (Fsp3) is 0.533. The van der Waals surface area contributed by atoms with E-state index in [0.29, 0.717) is 16.6 Å². The molecule has 4 heteroatoms. The Balaban J connectivity index is 1.93. The summed E-state index contributed by atoms with van der Waals surface area (Å²) in [6, 6.07) is 5.75. The quantitative estimate of drug-likeness (QED) is 0.871. The second-order valence-electron chi connectivity index (χ2n) is 5.38. The molecular weight excluding hydrogens is 260 g/mol. The maximum atomic E-state index is 11.1. The monoisotopic (exact) mass is 280 g/mol. The number of benzene rings is 1. The van der Waals surface area contributed by atoms with E-state index in [9.17, 15) is 4.79 Å². The lowest BCUT2D eigenvalue weighted by Crippen LogP contribution is -2.31. The molecule has 0 unspecified atom stereocenters. The summed E-state index contributed by atoms with van der Waals surface area (Å²) in [5, 5.41) is 4.13. The van der Waals surface area contributed by atoms with Gasteiger partial charge in [-0.1, -0.05) is 30.5 Å². The number of carbonyl (C=O) groups excluding carboxylic acids is 1. The van der Waals surface area contributed by atoms with Crippen LogP contribution in [0.15, 0.2) is 18.2 Å². The van der Waals surface area contributed by atoms with Crippen molar-refractivity contribution in [1.82, 2.24) is 5.32 Å². The fourth-order valence-corrected chi connectivity index (χ4v) is 2.99. The standard InChI is InChI=1S/C15H21ClN2O/c1-10(11-4-2-3-5-11)18-9-13-7-6-12(15(17)19)8-14(13)16/h6-8,10-11,18H,2-5,9H2,1H3,(H2,17,19)/t10-/m1/s1. The number of nitrogens with one attached hydrogen (secondary N) is 1. The molecule has 0 aromatic heterocycles. The maximum absolute atomic E-state index is 11.1. The van der Waals surface area contributed by atoms with Gasteiger partial charge < -0.3 is 11.1 Å². The van der Waals surface area contributed by atoms with Gasteiger partial charge in [0.15, 0.2) is 0 Å². The number of primary amides is 1. The SMILES string of the molecule is C[C@@H](NCc1ccc(C(N)=O)cc1Cl)C1CCCC1. The molecule has 1 aliphatic rings. The topological polar surface area (TPSA) is 55.1 Å². The van der Waals surface area contributed by atoms with Crippen molar-refractivity contribution in [2.45, 2.75) is 45.2 Å². The van der Waals surface area contributed by atoms with Crippen molar-refractivity contribution < 1.29 is 4.79 Å². The Morgan fingerprint density at radius 2 is 2.16 bits per heavy atom. The van der Waals surface area contributed by atoms with Gasteiger partial charge in [0.2, 0.25) is 5.91 Å². The van der Waals surface area contributed by atoms with E-state index in [2.05, 4.69) is 12.2 Å². The van der Waals surface area contributed by atoms with Crippen molar-refractivity contribution in [3.63, 3.8) is 0 Å². The van der Waals surface area contributed by atoms with Crippen LogP contribution in [0, 0.1) is 5.92 Å². The van der Waals surface area contributed by atoms with Gasteiger partial charge in [-0.25, -0.2) is 0 Å². The van der Waals surface area contributed by atoms with Crippen LogP contribution >= 0.6 is 11.6 Å². The van der Waals surface area contributed by atoms with Crippen LogP contribution < -0.4 is 11.1 Å². The van der Waals surface area contributed by atoms with Crippen LogP contribution in [-0.4, -0.2) is 11.9 Å². The van der Waals surface area contributed by atoms with Gasteiger partial charge in [0.1, 0.15) is 0 Å².